The van der Waals surface area contributed by atoms with Crippen LogP contribution >= 0.6 is 0 Å². The van der Waals surface area contributed by atoms with E-state index in [-0.39, 0.29) is 24.3 Å². The van der Waals surface area contributed by atoms with E-state index in [1.165, 1.54) is 13.1 Å². The average molecular weight is 546 g/mol. The van der Waals surface area contributed by atoms with Crippen LogP contribution in [0.1, 0.15) is 40.2 Å². The van der Waals surface area contributed by atoms with Crippen molar-refractivity contribution in [3.05, 3.63) is 72.7 Å². The van der Waals surface area contributed by atoms with Crippen LogP contribution in [0.5, 0.6) is 5.88 Å². The summed E-state index contributed by atoms with van der Waals surface area (Å²) in [5.41, 5.74) is 10.6. The molecule has 0 radical (unpaired) electrons. The number of rotatable bonds is 7. The highest BCUT2D eigenvalue weighted by Gasteiger charge is 2.20. The molecule has 0 fully saturated rings. The first-order chi connectivity index (χ1) is 19.5. The second-order valence-corrected chi connectivity index (χ2v) is 7.69. The molecular weight excluding hydrogens is 513 g/mol. The van der Waals surface area contributed by atoms with E-state index in [1.807, 2.05) is 68.7 Å². The third kappa shape index (κ3) is 6.73. The summed E-state index contributed by atoms with van der Waals surface area (Å²) in [7, 11) is 0. The van der Waals surface area contributed by atoms with E-state index >= 15 is 0 Å². The van der Waals surface area contributed by atoms with Crippen LogP contribution in [0.25, 0.3) is 39.6 Å². The number of pyridine rings is 2. The molecule has 0 amide bonds. The molecule has 0 aliphatic carbocycles. The normalized spacial score (nSPS) is 10.2. The molecule has 0 bridgehead atoms. The van der Waals surface area contributed by atoms with Gasteiger partial charge in [0.15, 0.2) is 17.3 Å². The van der Waals surface area contributed by atoms with Crippen molar-refractivity contribution in [2.45, 2.75) is 41.2 Å². The minimum absolute atomic E-state index is 0.168. The molecule has 4 heterocycles. The molecule has 5 rings (SSSR count). The number of nitrogen functional groups attached to an aromatic ring is 1. The van der Waals surface area contributed by atoms with Crippen molar-refractivity contribution in [2.75, 3.05) is 12.6 Å². The number of aromatic nitrogens is 6. The molecule has 208 valence electrons. The Hall–Kier alpha value is -4.93. The van der Waals surface area contributed by atoms with Crippen molar-refractivity contribution in [1.29, 1.82) is 0 Å². The number of imidazole rings is 1. The second-order valence-electron chi connectivity index (χ2n) is 7.69. The minimum Gasteiger partial charge on any atom is -0.461 e. The molecule has 0 aliphatic rings. The van der Waals surface area contributed by atoms with Crippen molar-refractivity contribution < 1.29 is 18.7 Å². The number of halogens is 1. The number of hydrogen-bond acceptors (Lipinski definition) is 9. The molecule has 11 heteroatoms. The zero-order chi connectivity index (χ0) is 29.1. The zero-order valence-electron chi connectivity index (χ0n) is 23.1. The number of esters is 1. The van der Waals surface area contributed by atoms with Gasteiger partial charge in [0.1, 0.15) is 17.8 Å². The Morgan fingerprint density at radius 1 is 0.925 bits per heavy atom. The van der Waals surface area contributed by atoms with E-state index in [2.05, 4.69) is 15.0 Å². The summed E-state index contributed by atoms with van der Waals surface area (Å²) in [5.74, 6) is 0.531. The Labute approximate surface area is 232 Å². The van der Waals surface area contributed by atoms with Gasteiger partial charge < -0.3 is 15.2 Å². The van der Waals surface area contributed by atoms with Gasteiger partial charge in [-0.1, -0.05) is 39.8 Å². The van der Waals surface area contributed by atoms with Gasteiger partial charge in [0, 0.05) is 42.8 Å². The van der Waals surface area contributed by atoms with Gasteiger partial charge in [-0.05, 0) is 35.9 Å². The van der Waals surface area contributed by atoms with Crippen LogP contribution in [-0.4, -0.2) is 42.3 Å². The smallest absolute Gasteiger partial charge is 0.302 e. The molecule has 0 unspecified atom stereocenters. The number of carbonyl (C=O) groups excluding carboxylic acids is 1. The Morgan fingerprint density at radius 3 is 2.27 bits per heavy atom. The third-order valence-corrected chi connectivity index (χ3v) is 5.31. The Morgan fingerprint density at radius 2 is 1.65 bits per heavy atom. The van der Waals surface area contributed by atoms with Gasteiger partial charge in [-0.2, -0.15) is 0 Å². The highest BCUT2D eigenvalue weighted by molar-refractivity contribution is 5.83. The molecule has 0 spiro atoms. The van der Waals surface area contributed by atoms with Gasteiger partial charge in [0.05, 0.1) is 5.69 Å². The summed E-state index contributed by atoms with van der Waals surface area (Å²) in [6, 6.07) is 14.4. The number of fused-ring (bicyclic) bond motifs is 1. The average Bonchev–Trinajstić information content (AvgIpc) is 3.38. The topological polar surface area (TPSA) is 131 Å². The third-order valence-electron chi connectivity index (χ3n) is 5.31. The molecule has 1 aromatic carbocycles. The lowest BCUT2D eigenvalue weighted by Crippen LogP contribution is -2.04. The fourth-order valence-corrected chi connectivity index (χ4v) is 3.64. The second kappa shape index (κ2) is 14.3. The van der Waals surface area contributed by atoms with E-state index in [0.717, 1.165) is 11.3 Å². The van der Waals surface area contributed by atoms with Crippen LogP contribution < -0.4 is 10.5 Å². The van der Waals surface area contributed by atoms with Crippen molar-refractivity contribution in [3.63, 3.8) is 0 Å². The number of nitrogens with zero attached hydrogens (tertiary/aromatic N) is 6. The van der Waals surface area contributed by atoms with Crippen LogP contribution in [0, 0.1) is 0 Å². The summed E-state index contributed by atoms with van der Waals surface area (Å²) in [6.07, 6.45) is 4.61. The van der Waals surface area contributed by atoms with Gasteiger partial charge >= 0.3 is 5.97 Å². The highest BCUT2D eigenvalue weighted by Crippen LogP contribution is 2.30. The first-order valence-corrected chi connectivity index (χ1v) is 12.9. The van der Waals surface area contributed by atoms with E-state index in [1.54, 1.807) is 24.5 Å². The number of benzene rings is 1. The maximum atomic E-state index is 12.4. The molecule has 10 nitrogen and oxygen atoms in total. The molecule has 0 atom stereocenters. The lowest BCUT2D eigenvalue weighted by molar-refractivity contribution is -0.142. The Balaban J connectivity index is 0.00000106. The van der Waals surface area contributed by atoms with Gasteiger partial charge in [-0.15, -0.1) is 0 Å². The van der Waals surface area contributed by atoms with E-state index in [0.29, 0.717) is 33.9 Å². The summed E-state index contributed by atoms with van der Waals surface area (Å²) < 4.78 is 24.1. The molecule has 40 heavy (non-hydrogen) atoms. The maximum absolute atomic E-state index is 12.4. The van der Waals surface area contributed by atoms with Crippen LogP contribution in [0.15, 0.2) is 67.1 Å². The van der Waals surface area contributed by atoms with Crippen molar-refractivity contribution in [1.82, 2.24) is 29.5 Å². The predicted molar refractivity (Wildman–Crippen MR) is 152 cm³/mol. The number of anilines is 1. The largest absolute Gasteiger partial charge is 0.461 e. The monoisotopic (exact) mass is 545 g/mol. The number of alkyl halides is 1. The number of nitrogens with two attached hydrogens (primary N) is 1. The lowest BCUT2D eigenvalue weighted by atomic mass is 10.2. The van der Waals surface area contributed by atoms with E-state index < -0.39 is 6.86 Å². The number of hydrogen-bond donors (Lipinski definition) is 1. The summed E-state index contributed by atoms with van der Waals surface area (Å²) >= 11 is 0. The van der Waals surface area contributed by atoms with Crippen LogP contribution in [-0.2, 0) is 16.1 Å². The van der Waals surface area contributed by atoms with Crippen LogP contribution in [0.2, 0.25) is 0 Å². The van der Waals surface area contributed by atoms with Gasteiger partial charge in [-0.25, -0.2) is 29.3 Å². The molecule has 4 aromatic heterocycles. The molecule has 0 saturated carbocycles. The first-order valence-electron chi connectivity index (χ1n) is 12.9. The van der Waals surface area contributed by atoms with Crippen molar-refractivity contribution in [3.8, 4) is 34.3 Å². The number of ether oxygens (including phenoxy) is 2. The lowest BCUT2D eigenvalue weighted by Gasteiger charge is -2.11. The summed E-state index contributed by atoms with van der Waals surface area (Å²) in [6.45, 7) is 8.58. The standard InChI is InChI=1S/C25H20FN7O3.2C2H6/c1-15(34)35-13-16-2-5-18(6-3-16)33-24-20(32-25(33)22-23(27)29-11-10-28-22)8-7-19(31-24)17-4-9-21(30-12-17)36-14-26;2*1-2/h2-12H,13-14H2,1H3,(H2,27,29);2*1-2H3. The molecular formula is C29H32FN7O3. The fraction of sp³-hybridized carbons (Fsp3) is 0.241. The summed E-state index contributed by atoms with van der Waals surface area (Å²) in [4.78, 5) is 33.4. The van der Waals surface area contributed by atoms with Gasteiger partial charge in [0.25, 0.3) is 0 Å². The molecule has 0 saturated heterocycles. The SMILES string of the molecule is CC.CC.CC(=O)OCc1ccc(-n2c(-c3nccnc3N)nc3ccc(-c4ccc(OCF)nc4)nc32)cc1. The van der Waals surface area contributed by atoms with Crippen LogP contribution in [0.4, 0.5) is 10.2 Å². The fourth-order valence-electron chi connectivity index (χ4n) is 3.64. The quantitative estimate of drug-likeness (QED) is 0.247. The van der Waals surface area contributed by atoms with Crippen molar-refractivity contribution >= 4 is 23.0 Å². The first kappa shape index (κ1) is 29.6. The van der Waals surface area contributed by atoms with E-state index in [4.69, 9.17) is 25.2 Å². The highest BCUT2D eigenvalue weighted by atomic mass is 19.1. The molecule has 5 aromatic rings. The molecule has 0 aliphatic heterocycles. The molecule has 2 N–H and O–H groups in total. The zero-order valence-corrected chi connectivity index (χ0v) is 23.1. The Bertz CT molecular complexity index is 1540. The van der Waals surface area contributed by atoms with Gasteiger partial charge in [0.2, 0.25) is 12.7 Å². The predicted octanol–water partition coefficient (Wildman–Crippen LogP) is 5.94. The van der Waals surface area contributed by atoms with Crippen molar-refractivity contribution in [2.24, 2.45) is 0 Å². The van der Waals surface area contributed by atoms with Gasteiger partial charge in [-0.3, -0.25) is 9.36 Å². The maximum Gasteiger partial charge on any atom is 0.302 e. The summed E-state index contributed by atoms with van der Waals surface area (Å²) in [5, 5.41) is 0. The minimum atomic E-state index is -0.955. The van der Waals surface area contributed by atoms with Crippen LogP contribution in [0.3, 0.4) is 0 Å². The number of carbonyl (C=O) groups is 1. The Kier molecular flexibility index (Phi) is 10.6. The van der Waals surface area contributed by atoms with E-state index in [9.17, 15) is 9.18 Å².